The third kappa shape index (κ3) is 3.67. The van der Waals surface area contributed by atoms with E-state index in [4.69, 9.17) is 4.74 Å². The first-order valence-corrected chi connectivity index (χ1v) is 9.40. The molecular weight excluding hydrogens is 384 g/mol. The molecular formula is C22H20N4O4. The fraction of sp³-hybridized carbons (Fsp3) is 0.182. The first-order chi connectivity index (χ1) is 14.5. The average molecular weight is 404 g/mol. The Bertz CT molecular complexity index is 1120. The summed E-state index contributed by atoms with van der Waals surface area (Å²) < 4.78 is 6.71. The summed E-state index contributed by atoms with van der Waals surface area (Å²) in [5, 5.41) is 9.90. The van der Waals surface area contributed by atoms with Crippen molar-refractivity contribution in [1.82, 2.24) is 9.78 Å². The maximum absolute atomic E-state index is 12.5. The monoisotopic (exact) mass is 404 g/mol. The van der Waals surface area contributed by atoms with Gasteiger partial charge in [-0.3, -0.25) is 14.4 Å². The van der Waals surface area contributed by atoms with E-state index in [1.165, 1.54) is 6.92 Å². The largest absolute Gasteiger partial charge is 0.497 e. The highest BCUT2D eigenvalue weighted by molar-refractivity contribution is 6.04. The van der Waals surface area contributed by atoms with Gasteiger partial charge in [0.05, 0.1) is 19.7 Å². The number of Topliss-reactive ketones (excluding diaryl/α,β-unsaturated/α-hetero) is 1. The van der Waals surface area contributed by atoms with E-state index in [-0.39, 0.29) is 24.0 Å². The number of carbonyl (C=O) groups is 3. The lowest BCUT2D eigenvalue weighted by Gasteiger charge is -2.10. The Morgan fingerprint density at radius 2 is 1.83 bits per heavy atom. The smallest absolute Gasteiger partial charge is 0.251 e. The molecule has 2 amide bonds. The second kappa shape index (κ2) is 7.82. The Hall–Kier alpha value is -3.94. The van der Waals surface area contributed by atoms with Crippen molar-refractivity contribution in [2.45, 2.75) is 19.4 Å². The number of rotatable bonds is 6. The van der Waals surface area contributed by atoms with Crippen LogP contribution in [0.2, 0.25) is 0 Å². The highest BCUT2D eigenvalue weighted by Crippen LogP contribution is 2.36. The first kappa shape index (κ1) is 19.4. The van der Waals surface area contributed by atoms with Crippen molar-refractivity contribution in [2.75, 3.05) is 17.7 Å². The van der Waals surface area contributed by atoms with Crippen LogP contribution in [0.1, 0.15) is 29.7 Å². The predicted octanol–water partition coefficient (Wildman–Crippen LogP) is 3.28. The van der Waals surface area contributed by atoms with E-state index >= 15 is 0 Å². The van der Waals surface area contributed by atoms with Gasteiger partial charge >= 0.3 is 0 Å². The molecule has 4 rings (SSSR count). The fourth-order valence-electron chi connectivity index (χ4n) is 3.37. The number of nitrogens with one attached hydrogen (secondary N) is 2. The molecule has 2 aromatic carbocycles. The van der Waals surface area contributed by atoms with Gasteiger partial charge in [0.15, 0.2) is 5.78 Å². The topological polar surface area (TPSA) is 102 Å². The van der Waals surface area contributed by atoms with E-state index < -0.39 is 6.04 Å². The molecule has 30 heavy (non-hydrogen) atoms. The van der Waals surface area contributed by atoms with E-state index in [1.807, 2.05) is 24.3 Å². The number of benzene rings is 2. The Labute approximate surface area is 172 Å². The van der Waals surface area contributed by atoms with Crippen molar-refractivity contribution >= 4 is 29.1 Å². The van der Waals surface area contributed by atoms with Crippen molar-refractivity contribution in [2.24, 2.45) is 0 Å². The van der Waals surface area contributed by atoms with E-state index in [1.54, 1.807) is 42.3 Å². The van der Waals surface area contributed by atoms with Gasteiger partial charge in [0, 0.05) is 16.8 Å². The first-order valence-electron chi connectivity index (χ1n) is 9.40. The van der Waals surface area contributed by atoms with E-state index in [0.717, 1.165) is 16.9 Å². The normalized spacial score (nSPS) is 14.7. The molecule has 1 aromatic heterocycles. The lowest BCUT2D eigenvalue weighted by Crippen LogP contribution is -2.23. The molecule has 0 saturated heterocycles. The minimum absolute atomic E-state index is 0.0469. The molecule has 2 N–H and O–H groups in total. The number of fused-ring (bicyclic) bond motifs is 1. The molecule has 1 atom stereocenters. The molecule has 0 bridgehead atoms. The molecule has 0 aliphatic carbocycles. The molecule has 0 fully saturated rings. The number of hydrogen-bond donors (Lipinski definition) is 2. The lowest BCUT2D eigenvalue weighted by molar-refractivity contribution is -0.123. The van der Waals surface area contributed by atoms with Crippen LogP contribution in [-0.2, 0) is 9.59 Å². The minimum atomic E-state index is -0.733. The second-order valence-corrected chi connectivity index (χ2v) is 6.97. The summed E-state index contributed by atoms with van der Waals surface area (Å²) in [5.74, 6) is 0.649. The number of anilines is 2. The van der Waals surface area contributed by atoms with Crippen molar-refractivity contribution in [3.05, 3.63) is 60.3 Å². The number of hydrogen-bond acceptors (Lipinski definition) is 5. The van der Waals surface area contributed by atoms with Crippen LogP contribution in [0.25, 0.3) is 11.1 Å². The fourth-order valence-corrected chi connectivity index (χ4v) is 3.37. The molecule has 8 nitrogen and oxygen atoms in total. The number of amides is 2. The summed E-state index contributed by atoms with van der Waals surface area (Å²) in [5.41, 5.74) is 2.78. The molecule has 0 radical (unpaired) electrons. The van der Waals surface area contributed by atoms with Gasteiger partial charge in [-0.1, -0.05) is 12.1 Å². The molecule has 1 aliphatic heterocycles. The number of ketones is 1. The van der Waals surface area contributed by atoms with Crippen LogP contribution >= 0.6 is 0 Å². The van der Waals surface area contributed by atoms with Crippen LogP contribution in [0, 0.1) is 0 Å². The van der Waals surface area contributed by atoms with Crippen LogP contribution in [0.15, 0.2) is 54.7 Å². The van der Waals surface area contributed by atoms with E-state index in [2.05, 4.69) is 15.7 Å². The Morgan fingerprint density at radius 1 is 1.13 bits per heavy atom. The van der Waals surface area contributed by atoms with Gasteiger partial charge in [-0.25, -0.2) is 4.68 Å². The van der Waals surface area contributed by atoms with Gasteiger partial charge in [-0.15, -0.1) is 0 Å². The Balaban J connectivity index is 1.48. The van der Waals surface area contributed by atoms with Gasteiger partial charge in [0.25, 0.3) is 5.91 Å². The van der Waals surface area contributed by atoms with Gasteiger partial charge in [0.2, 0.25) is 5.91 Å². The maximum atomic E-state index is 12.5. The van der Waals surface area contributed by atoms with E-state index in [0.29, 0.717) is 17.1 Å². The van der Waals surface area contributed by atoms with Crippen LogP contribution < -0.4 is 15.4 Å². The number of ether oxygens (including phenoxy) is 1. The third-order valence-corrected chi connectivity index (χ3v) is 4.99. The zero-order valence-corrected chi connectivity index (χ0v) is 16.5. The summed E-state index contributed by atoms with van der Waals surface area (Å²) in [7, 11) is 1.60. The van der Waals surface area contributed by atoms with Gasteiger partial charge in [0.1, 0.15) is 17.6 Å². The minimum Gasteiger partial charge on any atom is -0.497 e. The zero-order valence-electron chi connectivity index (χ0n) is 16.5. The summed E-state index contributed by atoms with van der Waals surface area (Å²) in [6.45, 7) is 1.48. The maximum Gasteiger partial charge on any atom is 0.251 e. The highest BCUT2D eigenvalue weighted by Gasteiger charge is 2.35. The molecule has 2 heterocycles. The highest BCUT2D eigenvalue weighted by atomic mass is 16.5. The number of carbonyl (C=O) groups excluding carboxylic acids is 3. The lowest BCUT2D eigenvalue weighted by atomic mass is 10.1. The van der Waals surface area contributed by atoms with Crippen LogP contribution in [-0.4, -0.2) is 34.5 Å². The molecule has 0 spiro atoms. The van der Waals surface area contributed by atoms with Crippen LogP contribution in [0.5, 0.6) is 5.75 Å². The summed E-state index contributed by atoms with van der Waals surface area (Å²) >= 11 is 0. The Kier molecular flexibility index (Phi) is 5.05. The predicted molar refractivity (Wildman–Crippen MR) is 112 cm³/mol. The average Bonchev–Trinajstić information content (AvgIpc) is 3.28. The standard InChI is InChI=1S/C22H20N4O4/c1-13(27)14-3-7-16(8-4-14)24-20(28)11-19-22(29)25-21-18(12-23-26(19)21)15-5-9-17(30-2)10-6-15/h3-10,12,19H,11H2,1-2H3,(H,24,28)(H,25,29). The van der Waals surface area contributed by atoms with Crippen molar-refractivity contribution in [1.29, 1.82) is 0 Å². The van der Waals surface area contributed by atoms with Crippen molar-refractivity contribution in [3.8, 4) is 16.9 Å². The Morgan fingerprint density at radius 3 is 2.47 bits per heavy atom. The number of aromatic nitrogens is 2. The molecule has 3 aromatic rings. The molecule has 8 heteroatoms. The third-order valence-electron chi connectivity index (χ3n) is 4.99. The van der Waals surface area contributed by atoms with Crippen molar-refractivity contribution < 1.29 is 19.1 Å². The molecule has 0 saturated carbocycles. The van der Waals surface area contributed by atoms with Crippen LogP contribution in [0.4, 0.5) is 11.5 Å². The number of nitrogens with zero attached hydrogens (tertiary/aromatic N) is 2. The SMILES string of the molecule is COc1ccc(-c2cnn3c2NC(=O)C3CC(=O)Nc2ccc(C(C)=O)cc2)cc1. The van der Waals surface area contributed by atoms with Crippen LogP contribution in [0.3, 0.4) is 0 Å². The molecule has 1 unspecified atom stereocenters. The quantitative estimate of drug-likeness (QED) is 0.614. The van der Waals surface area contributed by atoms with Crippen molar-refractivity contribution in [3.63, 3.8) is 0 Å². The second-order valence-electron chi connectivity index (χ2n) is 6.97. The van der Waals surface area contributed by atoms with Gasteiger partial charge < -0.3 is 15.4 Å². The van der Waals surface area contributed by atoms with Gasteiger partial charge in [-0.05, 0) is 48.9 Å². The molecule has 152 valence electrons. The van der Waals surface area contributed by atoms with E-state index in [9.17, 15) is 14.4 Å². The number of methoxy groups -OCH3 is 1. The zero-order chi connectivity index (χ0) is 21.3. The van der Waals surface area contributed by atoms with Gasteiger partial charge in [-0.2, -0.15) is 5.10 Å². The summed E-state index contributed by atoms with van der Waals surface area (Å²) in [6.07, 6.45) is 1.61. The summed E-state index contributed by atoms with van der Waals surface area (Å²) in [6, 6.07) is 13.3. The summed E-state index contributed by atoms with van der Waals surface area (Å²) in [4.78, 5) is 36.3. The molecule has 1 aliphatic rings.